The maximum absolute atomic E-state index is 13.4. The van der Waals surface area contributed by atoms with Crippen LogP contribution < -0.4 is 0 Å². The van der Waals surface area contributed by atoms with Crippen molar-refractivity contribution >= 4 is 12.6 Å². The SMILES string of the molecule is CCC(S)c1cc(C2(C(F)(F)F)C=CN=N2)ccc1C. The van der Waals surface area contributed by atoms with Gasteiger partial charge in [0, 0.05) is 11.4 Å². The van der Waals surface area contributed by atoms with Crippen LogP contribution in [0.4, 0.5) is 13.2 Å². The van der Waals surface area contributed by atoms with Crippen molar-refractivity contribution in [1.82, 2.24) is 0 Å². The quantitative estimate of drug-likeness (QED) is 0.750. The van der Waals surface area contributed by atoms with Gasteiger partial charge in [0.1, 0.15) is 0 Å². The van der Waals surface area contributed by atoms with Crippen LogP contribution in [-0.4, -0.2) is 6.18 Å². The summed E-state index contributed by atoms with van der Waals surface area (Å²) in [6, 6.07) is 4.68. The van der Waals surface area contributed by atoms with Gasteiger partial charge in [-0.25, -0.2) is 0 Å². The van der Waals surface area contributed by atoms with E-state index in [0.717, 1.165) is 29.8 Å². The average molecular weight is 300 g/mol. The second kappa shape index (κ2) is 5.24. The summed E-state index contributed by atoms with van der Waals surface area (Å²) in [4.78, 5) is 0. The third-order valence-corrected chi connectivity index (χ3v) is 4.14. The van der Waals surface area contributed by atoms with E-state index in [2.05, 4.69) is 22.9 Å². The normalized spacial score (nSPS) is 23.3. The van der Waals surface area contributed by atoms with Crippen LogP contribution in [0.3, 0.4) is 0 Å². The predicted molar refractivity (Wildman–Crippen MR) is 74.9 cm³/mol. The fourth-order valence-corrected chi connectivity index (χ4v) is 2.50. The van der Waals surface area contributed by atoms with Gasteiger partial charge in [0.05, 0.1) is 0 Å². The first-order chi connectivity index (χ1) is 9.32. The van der Waals surface area contributed by atoms with Crippen molar-refractivity contribution in [3.63, 3.8) is 0 Å². The Labute approximate surface area is 121 Å². The number of nitrogens with zero attached hydrogens (tertiary/aromatic N) is 2. The number of aryl methyl sites for hydroxylation is 1. The zero-order chi connectivity index (χ0) is 15.0. The Morgan fingerprint density at radius 3 is 2.55 bits per heavy atom. The number of hydrogen-bond acceptors (Lipinski definition) is 3. The van der Waals surface area contributed by atoms with Crippen molar-refractivity contribution < 1.29 is 13.2 Å². The molecule has 2 atom stereocenters. The highest BCUT2D eigenvalue weighted by molar-refractivity contribution is 7.80. The third-order valence-electron chi connectivity index (χ3n) is 3.50. The fraction of sp³-hybridized carbons (Fsp3) is 0.429. The van der Waals surface area contributed by atoms with E-state index in [1.54, 1.807) is 12.1 Å². The van der Waals surface area contributed by atoms with Gasteiger partial charge >= 0.3 is 6.18 Å². The van der Waals surface area contributed by atoms with Gasteiger partial charge in [0.15, 0.2) is 0 Å². The molecule has 108 valence electrons. The molecule has 20 heavy (non-hydrogen) atoms. The third kappa shape index (κ3) is 2.37. The summed E-state index contributed by atoms with van der Waals surface area (Å²) in [5.41, 5.74) is -0.564. The predicted octanol–water partition coefficient (Wildman–Crippen LogP) is 5.11. The number of hydrogen-bond donors (Lipinski definition) is 1. The lowest BCUT2D eigenvalue weighted by Gasteiger charge is -2.27. The first-order valence-electron chi connectivity index (χ1n) is 6.27. The molecule has 0 radical (unpaired) electrons. The molecule has 0 amide bonds. The van der Waals surface area contributed by atoms with Crippen molar-refractivity contribution in [2.45, 2.75) is 37.2 Å². The summed E-state index contributed by atoms with van der Waals surface area (Å²) in [6.45, 7) is 3.81. The maximum atomic E-state index is 13.4. The summed E-state index contributed by atoms with van der Waals surface area (Å²) in [6.07, 6.45) is -1.70. The highest BCUT2D eigenvalue weighted by Gasteiger charge is 2.56. The summed E-state index contributed by atoms with van der Waals surface area (Å²) < 4.78 is 40.2. The number of alkyl halides is 3. The van der Waals surface area contributed by atoms with E-state index in [0.29, 0.717) is 0 Å². The van der Waals surface area contributed by atoms with Gasteiger partial charge < -0.3 is 0 Å². The lowest BCUT2D eigenvalue weighted by Crippen LogP contribution is -2.37. The molecule has 6 heteroatoms. The van der Waals surface area contributed by atoms with E-state index in [4.69, 9.17) is 0 Å². The largest absolute Gasteiger partial charge is 0.423 e. The summed E-state index contributed by atoms with van der Waals surface area (Å²) in [7, 11) is 0. The molecule has 2 nitrogen and oxygen atoms in total. The highest BCUT2D eigenvalue weighted by atomic mass is 32.1. The molecule has 0 saturated carbocycles. The average Bonchev–Trinajstić information content (AvgIpc) is 2.88. The summed E-state index contributed by atoms with van der Waals surface area (Å²) >= 11 is 4.43. The molecule has 0 saturated heterocycles. The van der Waals surface area contributed by atoms with E-state index in [-0.39, 0.29) is 10.8 Å². The van der Waals surface area contributed by atoms with Crippen LogP contribution in [0.2, 0.25) is 0 Å². The van der Waals surface area contributed by atoms with Gasteiger partial charge in [-0.2, -0.15) is 36.0 Å². The van der Waals surface area contributed by atoms with Crippen molar-refractivity contribution in [1.29, 1.82) is 0 Å². The minimum absolute atomic E-state index is 0.0793. The van der Waals surface area contributed by atoms with Gasteiger partial charge in [-0.05, 0) is 36.1 Å². The standard InChI is InChI=1S/C14H15F3N2S/c1-3-12(20)11-8-10(5-4-9(11)2)13(14(15,16)17)6-7-18-19-13/h4-8,12,20H,3H2,1-2H3. The molecular weight excluding hydrogens is 285 g/mol. The molecule has 0 aliphatic carbocycles. The van der Waals surface area contributed by atoms with Gasteiger partial charge in [-0.15, -0.1) is 0 Å². The van der Waals surface area contributed by atoms with Crippen LogP contribution in [0.15, 0.2) is 40.7 Å². The number of halogens is 3. The Kier molecular flexibility index (Phi) is 3.95. The lowest BCUT2D eigenvalue weighted by atomic mass is 9.87. The number of benzene rings is 1. The second-order valence-corrected chi connectivity index (χ2v) is 5.41. The Morgan fingerprint density at radius 1 is 1.35 bits per heavy atom. The fourth-order valence-electron chi connectivity index (χ4n) is 2.22. The first-order valence-corrected chi connectivity index (χ1v) is 6.79. The molecule has 1 heterocycles. The molecule has 2 rings (SSSR count). The number of thiol groups is 1. The van der Waals surface area contributed by atoms with Gasteiger partial charge in [0.25, 0.3) is 0 Å². The lowest BCUT2D eigenvalue weighted by molar-refractivity contribution is -0.174. The van der Waals surface area contributed by atoms with Crippen molar-refractivity contribution in [3.05, 3.63) is 47.2 Å². The summed E-state index contributed by atoms with van der Waals surface area (Å²) in [5.74, 6) is 0. The Morgan fingerprint density at radius 2 is 2.05 bits per heavy atom. The Hall–Kier alpha value is -1.30. The van der Waals surface area contributed by atoms with Gasteiger partial charge in [-0.1, -0.05) is 25.1 Å². The zero-order valence-electron chi connectivity index (χ0n) is 11.1. The monoisotopic (exact) mass is 300 g/mol. The summed E-state index contributed by atoms with van der Waals surface area (Å²) in [5, 5.41) is 6.74. The zero-order valence-corrected chi connectivity index (χ0v) is 12.0. The minimum atomic E-state index is -4.52. The van der Waals surface area contributed by atoms with E-state index in [1.165, 1.54) is 6.07 Å². The van der Waals surface area contributed by atoms with E-state index < -0.39 is 11.7 Å². The van der Waals surface area contributed by atoms with E-state index in [1.807, 2.05) is 13.8 Å². The topological polar surface area (TPSA) is 24.7 Å². The molecule has 1 aromatic rings. The second-order valence-electron chi connectivity index (χ2n) is 4.79. The van der Waals surface area contributed by atoms with Crippen molar-refractivity contribution in [2.75, 3.05) is 0 Å². The van der Waals surface area contributed by atoms with Crippen LogP contribution in [0.1, 0.15) is 35.3 Å². The molecule has 0 bridgehead atoms. The molecule has 1 aliphatic heterocycles. The van der Waals surface area contributed by atoms with Gasteiger partial charge in [0.2, 0.25) is 5.54 Å². The van der Waals surface area contributed by atoms with Crippen LogP contribution in [0.25, 0.3) is 0 Å². The van der Waals surface area contributed by atoms with Crippen LogP contribution in [-0.2, 0) is 5.54 Å². The highest BCUT2D eigenvalue weighted by Crippen LogP contribution is 2.47. The first kappa shape index (κ1) is 15.1. The maximum Gasteiger partial charge on any atom is 0.423 e. The molecule has 0 fully saturated rings. The molecule has 0 spiro atoms. The van der Waals surface area contributed by atoms with E-state index >= 15 is 0 Å². The van der Waals surface area contributed by atoms with Crippen molar-refractivity contribution in [2.24, 2.45) is 10.2 Å². The van der Waals surface area contributed by atoms with Crippen LogP contribution in [0, 0.1) is 6.92 Å². The van der Waals surface area contributed by atoms with Crippen molar-refractivity contribution in [3.8, 4) is 0 Å². The van der Waals surface area contributed by atoms with Crippen LogP contribution >= 0.6 is 12.6 Å². The smallest absolute Gasteiger partial charge is 0.171 e. The Balaban J connectivity index is 2.57. The number of rotatable bonds is 3. The van der Waals surface area contributed by atoms with E-state index in [9.17, 15) is 13.2 Å². The van der Waals surface area contributed by atoms with Crippen LogP contribution in [0.5, 0.6) is 0 Å². The molecule has 0 aromatic heterocycles. The molecule has 0 N–H and O–H groups in total. The molecule has 1 aromatic carbocycles. The Bertz CT molecular complexity index is 552. The molecule has 1 aliphatic rings. The van der Waals surface area contributed by atoms with Gasteiger partial charge in [-0.3, -0.25) is 0 Å². The molecule has 2 unspecified atom stereocenters. The number of azo groups is 1. The minimum Gasteiger partial charge on any atom is -0.171 e. The molecular formula is C14H15F3N2S.